The van der Waals surface area contributed by atoms with Gasteiger partial charge < -0.3 is 9.84 Å². The lowest BCUT2D eigenvalue weighted by molar-refractivity contribution is 0.217. The van der Waals surface area contributed by atoms with Crippen LogP contribution in [0.5, 0.6) is 11.8 Å². The van der Waals surface area contributed by atoms with Crippen LogP contribution in [-0.2, 0) is 0 Å². The number of benzene rings is 5. The van der Waals surface area contributed by atoms with E-state index in [0.717, 1.165) is 41.0 Å². The highest BCUT2D eigenvalue weighted by molar-refractivity contribution is 6.20. The Morgan fingerprint density at radius 2 is 1.35 bits per heavy atom. The van der Waals surface area contributed by atoms with Gasteiger partial charge in [-0.25, -0.2) is 4.98 Å². The first-order chi connectivity index (χ1) is 19.7. The smallest absolute Gasteiger partial charge is 0.320 e. The fraction of sp³-hybridized carbons (Fsp3) is 0.229. The second-order valence-corrected chi connectivity index (χ2v) is 10.4. The van der Waals surface area contributed by atoms with Gasteiger partial charge in [0.25, 0.3) is 0 Å². The van der Waals surface area contributed by atoms with Gasteiger partial charge in [-0.15, -0.1) is 0 Å². The number of unbranched alkanes of at least 4 members (excludes halogenated alkanes) is 1. The van der Waals surface area contributed by atoms with Crippen molar-refractivity contribution in [3.8, 4) is 34.5 Å². The maximum Gasteiger partial charge on any atom is 0.320 e. The lowest BCUT2D eigenvalue weighted by Gasteiger charge is -2.16. The molecule has 0 aliphatic heterocycles. The molecule has 0 bridgehead atoms. The van der Waals surface area contributed by atoms with Crippen LogP contribution in [0.4, 0.5) is 0 Å². The topological polar surface area (TPSA) is 68.1 Å². The number of aromatic nitrogens is 3. The average molecular weight is 528 g/mol. The Hall–Kier alpha value is -4.51. The summed E-state index contributed by atoms with van der Waals surface area (Å²) in [7, 11) is 0. The van der Waals surface area contributed by atoms with Crippen LogP contribution in [-0.4, -0.2) is 26.7 Å². The number of nitrogens with zero attached hydrogens (tertiary/aromatic N) is 3. The monoisotopic (exact) mass is 527 g/mol. The molecule has 5 aromatic carbocycles. The van der Waals surface area contributed by atoms with Gasteiger partial charge in [-0.3, -0.25) is 0 Å². The van der Waals surface area contributed by atoms with Crippen molar-refractivity contribution < 1.29 is 9.84 Å². The maximum absolute atomic E-state index is 10.7. The molecule has 0 saturated carbocycles. The van der Waals surface area contributed by atoms with Crippen LogP contribution < -0.4 is 4.74 Å². The van der Waals surface area contributed by atoms with Crippen molar-refractivity contribution in [1.29, 1.82) is 0 Å². The van der Waals surface area contributed by atoms with Gasteiger partial charge in [0.15, 0.2) is 11.6 Å². The van der Waals surface area contributed by atoms with Crippen LogP contribution >= 0.6 is 0 Å². The molecular formula is C35H33N3O2. The summed E-state index contributed by atoms with van der Waals surface area (Å²) in [5.41, 5.74) is 1.45. The van der Waals surface area contributed by atoms with E-state index in [4.69, 9.17) is 14.7 Å². The predicted molar refractivity (Wildman–Crippen MR) is 164 cm³/mol. The molecule has 5 nitrogen and oxygen atoms in total. The van der Waals surface area contributed by atoms with Crippen LogP contribution in [0, 0.1) is 5.92 Å². The van der Waals surface area contributed by atoms with Crippen molar-refractivity contribution in [2.24, 2.45) is 5.92 Å². The number of fused-ring (bicyclic) bond motifs is 5. The zero-order valence-corrected chi connectivity index (χ0v) is 23.0. The van der Waals surface area contributed by atoms with Gasteiger partial charge >= 0.3 is 6.01 Å². The average Bonchev–Trinajstić information content (AvgIpc) is 3.00. The molecule has 0 fully saturated rings. The summed E-state index contributed by atoms with van der Waals surface area (Å²) < 4.78 is 6.25. The molecule has 0 aliphatic rings. The molecule has 0 amide bonds. The van der Waals surface area contributed by atoms with E-state index in [1.54, 1.807) is 12.1 Å². The Morgan fingerprint density at radius 1 is 0.675 bits per heavy atom. The summed E-state index contributed by atoms with van der Waals surface area (Å²) in [5, 5.41) is 17.5. The second-order valence-electron chi connectivity index (χ2n) is 10.4. The van der Waals surface area contributed by atoms with E-state index < -0.39 is 0 Å². The Balaban J connectivity index is 1.56. The SMILES string of the molecule is CCCCC(CC)COc1nc(-c2ccccc2O)nc(-c2cc3c4ccccc4ccc3c3ccccc23)n1. The van der Waals surface area contributed by atoms with Crippen LogP contribution in [0.2, 0.25) is 0 Å². The lowest BCUT2D eigenvalue weighted by atomic mass is 9.93. The molecule has 40 heavy (non-hydrogen) atoms. The first-order valence-electron chi connectivity index (χ1n) is 14.2. The van der Waals surface area contributed by atoms with Crippen LogP contribution in [0.25, 0.3) is 55.1 Å². The minimum Gasteiger partial charge on any atom is -0.507 e. The van der Waals surface area contributed by atoms with Crippen molar-refractivity contribution in [3.05, 3.63) is 91.0 Å². The van der Waals surface area contributed by atoms with E-state index in [2.05, 4.69) is 79.5 Å². The van der Waals surface area contributed by atoms with E-state index in [0.29, 0.717) is 29.7 Å². The standard InChI is InChI=1S/C35H33N3O2/c1-3-5-12-23(4-2)22-40-35-37-33(29-17-10-11-18-32(29)39)36-34(38-35)31-21-30-25-14-7-6-13-24(25)19-20-28(30)26-15-8-9-16-27(26)31/h6-11,13-21,23,39H,3-5,12,22H2,1-2H3. The fourth-order valence-electron chi connectivity index (χ4n) is 5.46. The Morgan fingerprint density at radius 3 is 2.12 bits per heavy atom. The molecule has 0 aliphatic carbocycles. The quantitative estimate of drug-likeness (QED) is 0.190. The normalized spacial score (nSPS) is 12.2. The molecule has 6 aromatic rings. The highest BCUT2D eigenvalue weighted by Gasteiger charge is 2.18. The third-order valence-corrected chi connectivity index (χ3v) is 7.76. The lowest BCUT2D eigenvalue weighted by Crippen LogP contribution is -2.13. The van der Waals surface area contributed by atoms with Crippen LogP contribution in [0.3, 0.4) is 0 Å². The predicted octanol–water partition coefficient (Wildman–Crippen LogP) is 8.97. The summed E-state index contributed by atoms with van der Waals surface area (Å²) in [6, 6.07) is 30.8. The zero-order chi connectivity index (χ0) is 27.5. The second kappa shape index (κ2) is 11.3. The molecular weight excluding hydrogens is 494 g/mol. The van der Waals surface area contributed by atoms with Crippen LogP contribution in [0.1, 0.15) is 39.5 Å². The molecule has 0 spiro atoms. The summed E-state index contributed by atoms with van der Waals surface area (Å²) in [4.78, 5) is 14.4. The number of rotatable bonds is 9. The van der Waals surface area contributed by atoms with Gasteiger partial charge in [0.1, 0.15) is 5.75 Å². The van der Waals surface area contributed by atoms with Crippen molar-refractivity contribution in [3.63, 3.8) is 0 Å². The molecule has 1 heterocycles. The highest BCUT2D eigenvalue weighted by atomic mass is 16.5. The summed E-state index contributed by atoms with van der Waals surface area (Å²) in [6.07, 6.45) is 4.48. The van der Waals surface area contributed by atoms with Crippen molar-refractivity contribution >= 4 is 32.3 Å². The molecule has 1 unspecified atom stereocenters. The summed E-state index contributed by atoms with van der Waals surface area (Å²) in [6.45, 7) is 4.95. The van der Waals surface area contributed by atoms with Gasteiger partial charge in [0.2, 0.25) is 0 Å². The first kappa shape index (κ1) is 25.8. The number of phenolic OH excluding ortho intramolecular Hbond substituents is 1. The van der Waals surface area contributed by atoms with Crippen LogP contribution in [0.15, 0.2) is 91.0 Å². The highest BCUT2D eigenvalue weighted by Crippen LogP contribution is 2.38. The van der Waals surface area contributed by atoms with E-state index in [9.17, 15) is 5.11 Å². The minimum absolute atomic E-state index is 0.120. The number of phenols is 1. The van der Waals surface area contributed by atoms with Gasteiger partial charge in [-0.2, -0.15) is 9.97 Å². The van der Waals surface area contributed by atoms with Crippen molar-refractivity contribution in [2.75, 3.05) is 6.61 Å². The van der Waals surface area contributed by atoms with E-state index in [1.807, 2.05) is 18.2 Å². The molecule has 6 rings (SSSR count). The molecule has 1 N–H and O–H groups in total. The number of hydrogen-bond acceptors (Lipinski definition) is 5. The van der Waals surface area contributed by atoms with Gasteiger partial charge in [0, 0.05) is 5.56 Å². The molecule has 5 heteroatoms. The van der Waals surface area contributed by atoms with E-state index >= 15 is 0 Å². The van der Waals surface area contributed by atoms with Gasteiger partial charge in [-0.1, -0.05) is 106 Å². The van der Waals surface area contributed by atoms with Crippen molar-refractivity contribution in [1.82, 2.24) is 15.0 Å². The summed E-state index contributed by atoms with van der Waals surface area (Å²) >= 11 is 0. The van der Waals surface area contributed by atoms with E-state index in [1.165, 1.54) is 22.6 Å². The zero-order valence-electron chi connectivity index (χ0n) is 23.0. The number of ether oxygens (including phenoxy) is 1. The summed E-state index contributed by atoms with van der Waals surface area (Å²) in [5.74, 6) is 1.47. The fourth-order valence-corrected chi connectivity index (χ4v) is 5.46. The molecule has 200 valence electrons. The molecule has 0 radical (unpaired) electrons. The maximum atomic E-state index is 10.7. The van der Waals surface area contributed by atoms with E-state index in [-0.39, 0.29) is 11.8 Å². The molecule has 1 aromatic heterocycles. The Kier molecular flexibility index (Phi) is 7.28. The Bertz CT molecular complexity index is 1810. The minimum atomic E-state index is 0.120. The Labute approximate surface area is 234 Å². The third kappa shape index (κ3) is 4.95. The first-order valence-corrected chi connectivity index (χ1v) is 14.2. The number of aromatic hydroxyl groups is 1. The molecule has 1 atom stereocenters. The van der Waals surface area contributed by atoms with Crippen molar-refractivity contribution in [2.45, 2.75) is 39.5 Å². The third-order valence-electron chi connectivity index (χ3n) is 7.76. The number of para-hydroxylation sites is 1. The van der Waals surface area contributed by atoms with Gasteiger partial charge in [-0.05, 0) is 62.9 Å². The molecule has 0 saturated heterocycles. The number of hydrogen-bond donors (Lipinski definition) is 1. The van der Waals surface area contributed by atoms with Gasteiger partial charge in [0.05, 0.1) is 12.2 Å². The largest absolute Gasteiger partial charge is 0.507 e.